The standard InChI is InChI=1S/C27H39N5O3/c1-3-19-13-21(25(33)31-16-18-9-11-20(12-10-18)24(28)29)32-23(19)22(35-2)15-27(30,26(32)34)14-17-7-5-4-6-8-17/h7,9-12,19,21-23H,3-6,8,13-16,30H2,1-2H3,(H3,28,29)(H,31,33)/t19-,21+,22+,23+,27+/m1/s1. The van der Waals surface area contributed by atoms with Gasteiger partial charge in [-0.3, -0.25) is 15.0 Å². The molecule has 0 spiro atoms. The first kappa shape index (κ1) is 25.4. The van der Waals surface area contributed by atoms with Crippen LogP contribution >= 0.6 is 0 Å². The second-order valence-corrected chi connectivity index (χ2v) is 10.4. The molecule has 2 aliphatic heterocycles. The van der Waals surface area contributed by atoms with Gasteiger partial charge in [0, 0.05) is 25.6 Å². The lowest BCUT2D eigenvalue weighted by Crippen LogP contribution is -2.68. The molecule has 190 valence electrons. The second kappa shape index (κ2) is 10.5. The summed E-state index contributed by atoms with van der Waals surface area (Å²) in [4.78, 5) is 29.1. The van der Waals surface area contributed by atoms with Crippen molar-refractivity contribution in [1.29, 1.82) is 5.41 Å². The maximum atomic E-state index is 13.9. The van der Waals surface area contributed by atoms with E-state index in [-0.39, 0.29) is 35.7 Å². The fourth-order valence-corrected chi connectivity index (χ4v) is 6.15. The lowest BCUT2D eigenvalue weighted by Gasteiger charge is -2.48. The summed E-state index contributed by atoms with van der Waals surface area (Å²) in [5, 5.41) is 10.5. The van der Waals surface area contributed by atoms with Gasteiger partial charge in [0.25, 0.3) is 0 Å². The normalized spacial score (nSPS) is 30.5. The van der Waals surface area contributed by atoms with E-state index in [1.807, 2.05) is 12.1 Å². The van der Waals surface area contributed by atoms with Gasteiger partial charge in [-0.15, -0.1) is 0 Å². The molecule has 2 amide bonds. The summed E-state index contributed by atoms with van der Waals surface area (Å²) < 4.78 is 5.91. The maximum absolute atomic E-state index is 13.9. The lowest BCUT2D eigenvalue weighted by molar-refractivity contribution is -0.157. The molecule has 0 unspecified atom stereocenters. The van der Waals surface area contributed by atoms with Gasteiger partial charge in [-0.1, -0.05) is 49.3 Å². The molecule has 6 N–H and O–H groups in total. The van der Waals surface area contributed by atoms with Crippen LogP contribution in [0.5, 0.6) is 0 Å². The Labute approximate surface area is 207 Å². The van der Waals surface area contributed by atoms with E-state index in [0.29, 0.717) is 31.4 Å². The summed E-state index contributed by atoms with van der Waals surface area (Å²) in [7, 11) is 1.68. The zero-order valence-corrected chi connectivity index (χ0v) is 20.9. The number of piperidine rings is 1. The van der Waals surface area contributed by atoms with E-state index in [1.165, 1.54) is 12.0 Å². The fraction of sp³-hybridized carbons (Fsp3) is 0.593. The highest BCUT2D eigenvalue weighted by Gasteiger charge is 2.58. The van der Waals surface area contributed by atoms with E-state index >= 15 is 0 Å². The van der Waals surface area contributed by atoms with Crippen LogP contribution in [-0.4, -0.2) is 53.4 Å². The fourth-order valence-electron chi connectivity index (χ4n) is 6.15. The molecule has 0 aromatic heterocycles. The molecule has 0 saturated carbocycles. The summed E-state index contributed by atoms with van der Waals surface area (Å²) >= 11 is 0. The number of carbonyl (C=O) groups is 2. The van der Waals surface area contributed by atoms with Crippen LogP contribution < -0.4 is 16.8 Å². The minimum Gasteiger partial charge on any atom is -0.384 e. The predicted molar refractivity (Wildman–Crippen MR) is 136 cm³/mol. The van der Waals surface area contributed by atoms with E-state index in [1.54, 1.807) is 24.1 Å². The number of hydrogen-bond acceptors (Lipinski definition) is 5. The molecule has 0 bridgehead atoms. The summed E-state index contributed by atoms with van der Waals surface area (Å²) in [6.07, 6.45) is 8.87. The molecule has 8 nitrogen and oxygen atoms in total. The third-order valence-electron chi connectivity index (χ3n) is 8.06. The minimum atomic E-state index is -1.05. The van der Waals surface area contributed by atoms with Gasteiger partial charge < -0.3 is 26.4 Å². The number of nitrogens with zero attached hydrogens (tertiary/aromatic N) is 1. The Hall–Kier alpha value is -2.71. The number of nitrogen functional groups attached to an aromatic ring is 1. The van der Waals surface area contributed by atoms with Crippen molar-refractivity contribution in [3.8, 4) is 0 Å². The number of methoxy groups -OCH3 is 1. The molecule has 35 heavy (non-hydrogen) atoms. The number of amidine groups is 1. The molecule has 5 atom stereocenters. The Kier molecular flexibility index (Phi) is 7.62. The number of rotatable bonds is 8. The first-order chi connectivity index (χ1) is 16.8. The first-order valence-electron chi connectivity index (χ1n) is 12.8. The van der Waals surface area contributed by atoms with Gasteiger partial charge in [-0.05, 0) is 50.0 Å². The van der Waals surface area contributed by atoms with E-state index < -0.39 is 11.6 Å². The largest absolute Gasteiger partial charge is 0.384 e. The van der Waals surface area contributed by atoms with Gasteiger partial charge in [-0.2, -0.15) is 0 Å². The van der Waals surface area contributed by atoms with Gasteiger partial charge in [0.1, 0.15) is 17.4 Å². The summed E-state index contributed by atoms with van der Waals surface area (Å²) in [5.41, 5.74) is 14.1. The van der Waals surface area contributed by atoms with Crippen molar-refractivity contribution in [2.75, 3.05) is 7.11 Å². The SMILES string of the molecule is CC[C@@H]1C[C@@H](C(=O)NCc2ccc(C(=N)N)cc2)N2C(=O)[C@](N)(CC3=CCCCC3)C[C@H](OC)[C@H]12. The highest BCUT2D eigenvalue weighted by molar-refractivity contribution is 5.95. The predicted octanol–water partition coefficient (Wildman–Crippen LogP) is 2.59. The van der Waals surface area contributed by atoms with E-state index in [2.05, 4.69) is 18.3 Å². The molecule has 1 aromatic carbocycles. The first-order valence-corrected chi connectivity index (χ1v) is 12.8. The smallest absolute Gasteiger partial charge is 0.244 e. The van der Waals surface area contributed by atoms with Gasteiger partial charge in [0.15, 0.2) is 0 Å². The van der Waals surface area contributed by atoms with Crippen LogP contribution in [-0.2, 0) is 20.9 Å². The van der Waals surface area contributed by atoms with Gasteiger partial charge in [0.05, 0.1) is 12.1 Å². The molecule has 3 aliphatic rings. The second-order valence-electron chi connectivity index (χ2n) is 10.4. The number of amides is 2. The maximum Gasteiger partial charge on any atom is 0.244 e. The number of carbonyl (C=O) groups excluding carboxylic acids is 2. The van der Waals surface area contributed by atoms with Crippen molar-refractivity contribution >= 4 is 17.6 Å². The number of nitrogens with one attached hydrogen (secondary N) is 2. The Morgan fingerprint density at radius 3 is 2.63 bits per heavy atom. The van der Waals surface area contributed by atoms with Crippen LogP contribution in [0.4, 0.5) is 0 Å². The van der Waals surface area contributed by atoms with Crippen LogP contribution in [0, 0.1) is 11.3 Å². The van der Waals surface area contributed by atoms with Crippen LogP contribution in [0.15, 0.2) is 35.9 Å². The monoisotopic (exact) mass is 481 g/mol. The van der Waals surface area contributed by atoms with Crippen LogP contribution in [0.2, 0.25) is 0 Å². The Morgan fingerprint density at radius 2 is 2.03 bits per heavy atom. The van der Waals surface area contributed by atoms with Crippen molar-refractivity contribution < 1.29 is 14.3 Å². The Balaban J connectivity index is 1.53. The van der Waals surface area contributed by atoms with E-state index in [9.17, 15) is 9.59 Å². The quantitative estimate of drug-likeness (QED) is 0.257. The van der Waals surface area contributed by atoms with E-state index in [0.717, 1.165) is 31.2 Å². The molecule has 1 aliphatic carbocycles. The molecule has 4 rings (SSSR count). The van der Waals surface area contributed by atoms with Gasteiger partial charge in [0.2, 0.25) is 11.8 Å². The number of nitrogens with two attached hydrogens (primary N) is 2. The van der Waals surface area contributed by atoms with Crippen molar-refractivity contribution in [1.82, 2.24) is 10.2 Å². The highest BCUT2D eigenvalue weighted by Crippen LogP contribution is 2.44. The van der Waals surface area contributed by atoms with Crippen LogP contribution in [0.3, 0.4) is 0 Å². The third-order valence-corrected chi connectivity index (χ3v) is 8.06. The summed E-state index contributed by atoms with van der Waals surface area (Å²) in [5.74, 6) is -0.0863. The molecule has 2 fully saturated rings. The van der Waals surface area contributed by atoms with Gasteiger partial charge in [-0.25, -0.2) is 0 Å². The molecule has 2 heterocycles. The van der Waals surface area contributed by atoms with Gasteiger partial charge >= 0.3 is 0 Å². The number of ether oxygens (including phenoxy) is 1. The van der Waals surface area contributed by atoms with E-state index in [4.69, 9.17) is 21.6 Å². The van der Waals surface area contributed by atoms with Crippen molar-refractivity contribution in [3.05, 3.63) is 47.0 Å². The van der Waals surface area contributed by atoms with Crippen LogP contribution in [0.25, 0.3) is 0 Å². The topological polar surface area (TPSA) is 135 Å². The molecule has 2 saturated heterocycles. The molecular formula is C27H39N5O3. The van der Waals surface area contributed by atoms with Crippen molar-refractivity contribution in [2.24, 2.45) is 17.4 Å². The average molecular weight is 482 g/mol. The number of fused-ring (bicyclic) bond motifs is 1. The molecule has 8 heteroatoms. The van der Waals surface area contributed by atoms with Crippen LogP contribution in [0.1, 0.15) is 69.4 Å². The zero-order valence-electron chi connectivity index (χ0n) is 20.9. The zero-order chi connectivity index (χ0) is 25.2. The minimum absolute atomic E-state index is 0.00811. The van der Waals surface area contributed by atoms with Crippen molar-refractivity contribution in [3.63, 3.8) is 0 Å². The Bertz CT molecular complexity index is 991. The number of allylic oxidation sites excluding steroid dienone is 1. The average Bonchev–Trinajstić information content (AvgIpc) is 3.26. The molecule has 0 radical (unpaired) electrons. The number of benzene rings is 1. The summed E-state index contributed by atoms with van der Waals surface area (Å²) in [6.45, 7) is 2.44. The third kappa shape index (κ3) is 5.14. The molecular weight excluding hydrogens is 442 g/mol. The Morgan fingerprint density at radius 1 is 1.29 bits per heavy atom. The lowest BCUT2D eigenvalue weighted by atomic mass is 9.76. The summed E-state index contributed by atoms with van der Waals surface area (Å²) in [6, 6.07) is 6.53. The number of hydrogen-bond donors (Lipinski definition) is 4. The highest BCUT2D eigenvalue weighted by atomic mass is 16.5. The molecule has 1 aromatic rings. The van der Waals surface area contributed by atoms with Crippen molar-refractivity contribution in [2.45, 2.75) is 88.6 Å².